The maximum absolute atomic E-state index is 13.3. The number of halogens is 2. The van der Waals surface area contributed by atoms with Crippen molar-refractivity contribution in [3.63, 3.8) is 0 Å². The summed E-state index contributed by atoms with van der Waals surface area (Å²) in [6, 6.07) is 7.57. The first kappa shape index (κ1) is 14.4. The van der Waals surface area contributed by atoms with Gasteiger partial charge in [0.1, 0.15) is 5.82 Å². The van der Waals surface area contributed by atoms with Crippen LogP contribution < -0.4 is 5.32 Å². The van der Waals surface area contributed by atoms with Gasteiger partial charge in [-0.25, -0.2) is 4.39 Å². The normalized spacial score (nSPS) is 20.2. The zero-order chi connectivity index (χ0) is 11.4. The lowest BCUT2D eigenvalue weighted by atomic mass is 10.2. The molecule has 1 heterocycles. The van der Waals surface area contributed by atoms with Crippen LogP contribution in [0.2, 0.25) is 0 Å². The van der Waals surface area contributed by atoms with Crippen molar-refractivity contribution in [1.82, 2.24) is 10.2 Å². The highest BCUT2D eigenvalue weighted by atomic mass is 35.5. The molecule has 1 saturated heterocycles. The predicted octanol–water partition coefficient (Wildman–Crippen LogP) is 2.43. The summed E-state index contributed by atoms with van der Waals surface area (Å²) in [6.45, 7) is 2.76. The third kappa shape index (κ3) is 3.95. The van der Waals surface area contributed by atoms with Gasteiger partial charge in [-0.15, -0.1) is 12.4 Å². The number of benzene rings is 1. The molecule has 4 heteroatoms. The summed E-state index contributed by atoms with van der Waals surface area (Å²) in [5.74, 6) is -0.116. The van der Waals surface area contributed by atoms with Gasteiger partial charge in [-0.3, -0.25) is 0 Å². The van der Waals surface area contributed by atoms with Crippen molar-refractivity contribution in [2.45, 2.75) is 25.4 Å². The molecule has 17 heavy (non-hydrogen) atoms. The summed E-state index contributed by atoms with van der Waals surface area (Å²) in [4.78, 5) is 2.37. The van der Waals surface area contributed by atoms with Crippen molar-refractivity contribution < 1.29 is 4.39 Å². The van der Waals surface area contributed by atoms with E-state index >= 15 is 0 Å². The largest absolute Gasteiger partial charge is 0.311 e. The molecule has 1 aromatic carbocycles. The Morgan fingerprint density at radius 3 is 2.82 bits per heavy atom. The Bertz CT molecular complexity index is 346. The minimum atomic E-state index is -0.116. The second kappa shape index (κ2) is 6.94. The maximum atomic E-state index is 13.3. The summed E-state index contributed by atoms with van der Waals surface area (Å²) in [6.07, 6.45) is 2.53. The number of likely N-dealkylation sites (N-methyl/N-ethyl adjacent to an activating group) is 1. The van der Waals surface area contributed by atoms with Crippen LogP contribution >= 0.6 is 12.4 Å². The average molecular weight is 259 g/mol. The van der Waals surface area contributed by atoms with Gasteiger partial charge in [-0.1, -0.05) is 18.2 Å². The second-order valence-electron chi connectivity index (χ2n) is 4.50. The van der Waals surface area contributed by atoms with E-state index in [0.717, 1.165) is 12.1 Å². The fourth-order valence-electron chi connectivity index (χ4n) is 2.25. The van der Waals surface area contributed by atoms with Gasteiger partial charge in [0.2, 0.25) is 0 Å². The topological polar surface area (TPSA) is 15.3 Å². The monoisotopic (exact) mass is 258 g/mol. The predicted molar refractivity (Wildman–Crippen MR) is 71.0 cm³/mol. The first-order chi connectivity index (χ1) is 7.77. The van der Waals surface area contributed by atoms with E-state index in [9.17, 15) is 4.39 Å². The van der Waals surface area contributed by atoms with Crippen LogP contribution in [0.4, 0.5) is 4.39 Å². The van der Waals surface area contributed by atoms with Crippen molar-refractivity contribution in [2.24, 2.45) is 0 Å². The number of rotatable bonds is 4. The molecule has 1 unspecified atom stereocenters. The highest BCUT2D eigenvalue weighted by Gasteiger charge is 2.19. The summed E-state index contributed by atoms with van der Waals surface area (Å²) in [5.41, 5.74) is 0.753. The molecule has 0 aromatic heterocycles. The van der Waals surface area contributed by atoms with Gasteiger partial charge < -0.3 is 10.2 Å². The van der Waals surface area contributed by atoms with Crippen LogP contribution in [-0.2, 0) is 6.54 Å². The molecule has 96 valence electrons. The van der Waals surface area contributed by atoms with E-state index in [-0.39, 0.29) is 18.2 Å². The van der Waals surface area contributed by atoms with Crippen molar-refractivity contribution in [3.8, 4) is 0 Å². The molecule has 1 aliphatic heterocycles. The average Bonchev–Trinajstić information content (AvgIpc) is 2.67. The van der Waals surface area contributed by atoms with Gasteiger partial charge in [0, 0.05) is 24.7 Å². The standard InChI is InChI=1S/C13H19FN2.ClH/c1-16-8-4-6-12(16)10-15-9-11-5-2-3-7-13(11)14;/h2-3,5,7,12,15H,4,6,8-10H2,1H3;1H. The summed E-state index contributed by atoms with van der Waals surface area (Å²) in [7, 11) is 2.16. The lowest BCUT2D eigenvalue weighted by Gasteiger charge is -2.19. The Labute approximate surface area is 109 Å². The first-order valence-corrected chi connectivity index (χ1v) is 5.92. The minimum Gasteiger partial charge on any atom is -0.311 e. The van der Waals surface area contributed by atoms with E-state index in [2.05, 4.69) is 17.3 Å². The fraction of sp³-hybridized carbons (Fsp3) is 0.538. The van der Waals surface area contributed by atoms with Gasteiger partial charge in [0.15, 0.2) is 0 Å². The number of hydrogen-bond acceptors (Lipinski definition) is 2. The van der Waals surface area contributed by atoms with Gasteiger partial charge in [-0.05, 0) is 32.5 Å². The van der Waals surface area contributed by atoms with Crippen LogP contribution in [0.5, 0.6) is 0 Å². The van der Waals surface area contributed by atoms with Gasteiger partial charge in [0.25, 0.3) is 0 Å². The molecule has 0 radical (unpaired) electrons. The van der Waals surface area contributed by atoms with Crippen molar-refractivity contribution >= 4 is 12.4 Å². The van der Waals surface area contributed by atoms with E-state index in [0.29, 0.717) is 12.6 Å². The molecule has 1 N–H and O–H groups in total. The number of nitrogens with one attached hydrogen (secondary N) is 1. The van der Waals surface area contributed by atoms with Crippen LogP contribution in [-0.4, -0.2) is 31.1 Å². The maximum Gasteiger partial charge on any atom is 0.127 e. The van der Waals surface area contributed by atoms with Gasteiger partial charge >= 0.3 is 0 Å². The molecule has 1 aliphatic rings. The molecular weight excluding hydrogens is 239 g/mol. The number of hydrogen-bond donors (Lipinski definition) is 1. The highest BCUT2D eigenvalue weighted by Crippen LogP contribution is 2.14. The van der Waals surface area contributed by atoms with Crippen molar-refractivity contribution in [1.29, 1.82) is 0 Å². The van der Waals surface area contributed by atoms with Crippen LogP contribution in [0, 0.1) is 5.82 Å². The third-order valence-corrected chi connectivity index (χ3v) is 3.32. The Morgan fingerprint density at radius 2 is 2.18 bits per heavy atom. The van der Waals surface area contributed by atoms with Gasteiger partial charge in [-0.2, -0.15) is 0 Å². The molecule has 0 aliphatic carbocycles. The zero-order valence-electron chi connectivity index (χ0n) is 10.2. The quantitative estimate of drug-likeness (QED) is 0.893. The molecule has 2 nitrogen and oxygen atoms in total. The lowest BCUT2D eigenvalue weighted by molar-refractivity contribution is 0.300. The van der Waals surface area contributed by atoms with Crippen LogP contribution in [0.3, 0.4) is 0 Å². The molecular formula is C13H20ClFN2. The van der Waals surface area contributed by atoms with Crippen molar-refractivity contribution in [3.05, 3.63) is 35.6 Å². The molecule has 0 amide bonds. The van der Waals surface area contributed by atoms with Gasteiger partial charge in [0.05, 0.1) is 0 Å². The Balaban J connectivity index is 0.00000144. The van der Waals surface area contributed by atoms with E-state index in [1.54, 1.807) is 6.07 Å². The highest BCUT2D eigenvalue weighted by molar-refractivity contribution is 5.85. The fourth-order valence-corrected chi connectivity index (χ4v) is 2.25. The zero-order valence-corrected chi connectivity index (χ0v) is 11.0. The summed E-state index contributed by atoms with van der Waals surface area (Å²) in [5, 5.41) is 3.33. The van der Waals surface area contributed by atoms with Crippen molar-refractivity contribution in [2.75, 3.05) is 20.1 Å². The second-order valence-corrected chi connectivity index (χ2v) is 4.50. The van der Waals surface area contributed by atoms with E-state index < -0.39 is 0 Å². The van der Waals surface area contributed by atoms with E-state index in [1.165, 1.54) is 25.5 Å². The number of nitrogens with zero attached hydrogens (tertiary/aromatic N) is 1. The van der Waals surface area contributed by atoms with Crippen LogP contribution in [0.1, 0.15) is 18.4 Å². The summed E-state index contributed by atoms with van der Waals surface area (Å²) >= 11 is 0. The molecule has 1 atom stereocenters. The Kier molecular flexibility index (Phi) is 5.89. The van der Waals surface area contributed by atoms with Crippen LogP contribution in [0.25, 0.3) is 0 Å². The molecule has 1 fully saturated rings. The van der Waals surface area contributed by atoms with E-state index in [4.69, 9.17) is 0 Å². The number of likely N-dealkylation sites (tertiary alicyclic amines) is 1. The molecule has 0 bridgehead atoms. The molecule has 2 rings (SSSR count). The lowest BCUT2D eigenvalue weighted by Crippen LogP contribution is -2.35. The van der Waals surface area contributed by atoms with Crippen LogP contribution in [0.15, 0.2) is 24.3 Å². The molecule has 1 aromatic rings. The smallest absolute Gasteiger partial charge is 0.127 e. The third-order valence-electron chi connectivity index (χ3n) is 3.32. The minimum absolute atomic E-state index is 0. The Morgan fingerprint density at radius 1 is 1.41 bits per heavy atom. The first-order valence-electron chi connectivity index (χ1n) is 5.92. The molecule has 0 saturated carbocycles. The summed E-state index contributed by atoms with van der Waals surface area (Å²) < 4.78 is 13.3. The Hall–Kier alpha value is -0.640. The van der Waals surface area contributed by atoms with E-state index in [1.807, 2.05) is 12.1 Å². The molecule has 0 spiro atoms. The SMILES string of the molecule is CN1CCCC1CNCc1ccccc1F.Cl.